The van der Waals surface area contributed by atoms with Crippen molar-refractivity contribution >= 4 is 125 Å². The number of aromatic amines is 3. The van der Waals surface area contributed by atoms with Crippen LogP contribution in [0.2, 0.25) is 10.0 Å². The van der Waals surface area contributed by atoms with Gasteiger partial charge in [-0.15, -0.1) is 0 Å². The van der Waals surface area contributed by atoms with Gasteiger partial charge in [0.1, 0.15) is 48.1 Å². The summed E-state index contributed by atoms with van der Waals surface area (Å²) in [7, 11) is 0. The lowest BCUT2D eigenvalue weighted by atomic mass is 10.2. The molecule has 0 saturated carbocycles. The molecule has 3 fully saturated rings. The number of rotatable bonds is 15. The fraction of sp³-hybridized carbons (Fsp3) is 0.260. The van der Waals surface area contributed by atoms with Crippen molar-refractivity contribution in [3.63, 3.8) is 0 Å². The van der Waals surface area contributed by atoms with Gasteiger partial charge in [-0.2, -0.15) is 29.9 Å². The van der Waals surface area contributed by atoms with Gasteiger partial charge in [0.05, 0.1) is 83.8 Å². The lowest BCUT2D eigenvalue weighted by Crippen LogP contribution is -2.46. The minimum Gasteiger partial charge on any atom is -0.378 e. The first-order valence-corrected chi connectivity index (χ1v) is 34.9. The van der Waals surface area contributed by atoms with Gasteiger partial charge in [0.2, 0.25) is 17.8 Å². The Hall–Kier alpha value is -11.5. The first-order chi connectivity index (χ1) is 50.6. The summed E-state index contributed by atoms with van der Waals surface area (Å²) in [6, 6.07) is 38.6. The van der Waals surface area contributed by atoms with Gasteiger partial charge in [0.25, 0.3) is 0 Å². The van der Waals surface area contributed by atoms with E-state index in [1.807, 2.05) is 68.6 Å². The number of aromatic nitrogens is 18. The molecule has 1 unspecified atom stereocenters. The van der Waals surface area contributed by atoms with E-state index in [1.165, 1.54) is 35.4 Å². The van der Waals surface area contributed by atoms with E-state index in [1.54, 1.807) is 41.7 Å². The molecule has 3 atom stereocenters. The Morgan fingerprint density at radius 2 is 0.894 bits per heavy atom. The highest BCUT2D eigenvalue weighted by Gasteiger charge is 2.29. The van der Waals surface area contributed by atoms with Gasteiger partial charge in [-0.25, -0.2) is 38.7 Å². The predicted molar refractivity (Wildman–Crippen MR) is 400 cm³/mol. The maximum Gasteiger partial charge on any atom is 0.229 e. The van der Waals surface area contributed by atoms with E-state index < -0.39 is 0 Å². The molecule has 3 aliphatic rings. The number of nitrogens with one attached hydrogen (secondary N) is 6. The molecule has 0 spiro atoms. The van der Waals surface area contributed by atoms with Crippen LogP contribution in [-0.4, -0.2) is 159 Å². The van der Waals surface area contributed by atoms with Crippen LogP contribution in [0.4, 0.5) is 44.1 Å². The lowest BCUT2D eigenvalue weighted by Gasteiger charge is -2.35. The molecule has 27 nitrogen and oxygen atoms in total. The standard InChI is InChI=1S/C26H27ClN8O.C24H24ClN9.C23H20F2N8O/c1-15-5-4-6-19(9-15)35-14-29-23-24(28-11-22-30-20-8-7-18(27)10-21(20)31-22)32-26(33-25(23)35)34-12-16(2)36-17(3)13-34;1-14-3-2-4-17(9-14)34-13-28-21-22(31-24(32-23(21)34)33-8-7-16(26)12-33)27-11-20-29-18-6-5-15(25)10-19(18)30-20;24-14-2-1-3-16(10-14)33-13-27-20-21(30-23(31-22(20)33)32-6-8-34-9-7-32)26-12-19-28-17-5-4-15(25)11-18(17)29-19/h4-10,14,16-17H,11-13H2,1-3H3,(H,30,31)(H,28,32,33);2-6,9-10,13,16H,7-8,11-12,26H2,1H3,(H,29,30)(H,27,31,32);1-5,10-11,13H,6-9,12H2,(H,28,29)(H,26,30,31)/t16-,17+;;. The Balaban J connectivity index is 0.000000120. The second-order valence-electron chi connectivity index (χ2n) is 26.0. The zero-order chi connectivity index (χ0) is 71.1. The fourth-order valence-corrected chi connectivity index (χ4v) is 13.5. The molecule has 6 aromatic carbocycles. The highest BCUT2D eigenvalue weighted by Crippen LogP contribution is 2.32. The summed E-state index contributed by atoms with van der Waals surface area (Å²) in [5.41, 5.74) is 19.9. The average molecular weight is 1440 g/mol. The van der Waals surface area contributed by atoms with Gasteiger partial charge < -0.3 is 60.8 Å². The number of hydrogen-bond donors (Lipinski definition) is 7. The second kappa shape index (κ2) is 28.7. The van der Waals surface area contributed by atoms with Gasteiger partial charge in [0.15, 0.2) is 50.9 Å². The van der Waals surface area contributed by atoms with Gasteiger partial charge in [-0.05, 0) is 142 Å². The maximum atomic E-state index is 13.9. The fourth-order valence-electron chi connectivity index (χ4n) is 13.1. The lowest BCUT2D eigenvalue weighted by molar-refractivity contribution is -0.00570. The number of nitrogens with two attached hydrogens (primary N) is 1. The number of halogens is 4. The number of fused-ring (bicyclic) bond motifs is 6. The Morgan fingerprint density at radius 3 is 1.35 bits per heavy atom. The smallest absolute Gasteiger partial charge is 0.229 e. The zero-order valence-electron chi connectivity index (χ0n) is 57.0. The molecule has 0 radical (unpaired) electrons. The zero-order valence-corrected chi connectivity index (χ0v) is 58.5. The Morgan fingerprint density at radius 1 is 0.471 bits per heavy atom. The molecule has 9 aromatic heterocycles. The summed E-state index contributed by atoms with van der Waals surface area (Å²) in [5, 5.41) is 11.5. The number of nitrogens with zero attached hydrogens (tertiary/aromatic N) is 18. The number of morpholine rings is 2. The minimum atomic E-state index is -0.346. The van der Waals surface area contributed by atoms with E-state index in [0.717, 1.165) is 89.0 Å². The van der Waals surface area contributed by atoms with Crippen molar-refractivity contribution in [1.29, 1.82) is 0 Å². The average Bonchev–Trinajstić information content (AvgIpc) is 1.37. The first-order valence-electron chi connectivity index (χ1n) is 34.1. The largest absolute Gasteiger partial charge is 0.378 e. The summed E-state index contributed by atoms with van der Waals surface area (Å²) >= 11 is 12.3. The maximum absolute atomic E-state index is 13.9. The molecule has 0 bridgehead atoms. The second-order valence-corrected chi connectivity index (χ2v) is 26.9. The Kier molecular flexibility index (Phi) is 18.5. The van der Waals surface area contributed by atoms with Crippen LogP contribution in [0.1, 0.15) is 48.9 Å². The molecule has 15 aromatic rings. The molecule has 0 amide bonds. The van der Waals surface area contributed by atoms with Crippen LogP contribution >= 0.6 is 23.2 Å². The van der Waals surface area contributed by atoms with Gasteiger partial charge in [-0.1, -0.05) is 53.5 Å². The van der Waals surface area contributed by atoms with Gasteiger partial charge >= 0.3 is 0 Å². The topological polar surface area (TPSA) is 307 Å². The number of aryl methyl sites for hydroxylation is 2. The Labute approximate surface area is 603 Å². The van der Waals surface area contributed by atoms with Gasteiger partial charge in [0, 0.05) is 66.7 Å². The van der Waals surface area contributed by atoms with Crippen LogP contribution in [0, 0.1) is 25.5 Å². The highest BCUT2D eigenvalue weighted by atomic mass is 35.5. The van der Waals surface area contributed by atoms with E-state index in [0.29, 0.717) is 136 Å². The monoisotopic (exact) mass is 1440 g/mol. The summed E-state index contributed by atoms with van der Waals surface area (Å²) in [6.45, 7) is 15.0. The van der Waals surface area contributed by atoms with Crippen molar-refractivity contribution in [2.75, 3.05) is 83.1 Å². The number of hydrogen-bond acceptors (Lipinski definition) is 21. The van der Waals surface area contributed by atoms with Crippen LogP contribution in [0.3, 0.4) is 0 Å². The van der Waals surface area contributed by atoms with Crippen molar-refractivity contribution in [2.45, 2.75) is 72.0 Å². The predicted octanol–water partition coefficient (Wildman–Crippen LogP) is 12.1. The van der Waals surface area contributed by atoms with Crippen LogP contribution < -0.4 is 36.4 Å². The summed E-state index contributed by atoms with van der Waals surface area (Å²) in [4.78, 5) is 72.9. The summed E-state index contributed by atoms with van der Waals surface area (Å²) in [6.07, 6.45) is 6.30. The van der Waals surface area contributed by atoms with E-state index >= 15 is 0 Å². The van der Waals surface area contributed by atoms with Crippen molar-refractivity contribution < 1.29 is 18.3 Å². The summed E-state index contributed by atoms with van der Waals surface area (Å²) < 4.78 is 44.6. The molecule has 8 N–H and O–H groups in total. The van der Waals surface area contributed by atoms with E-state index in [4.69, 9.17) is 73.3 Å². The van der Waals surface area contributed by atoms with Crippen LogP contribution in [0.15, 0.2) is 146 Å². The third-order valence-corrected chi connectivity index (χ3v) is 18.5. The number of imidazole rings is 6. The molecular weight excluding hydrogens is 1370 g/mol. The highest BCUT2D eigenvalue weighted by molar-refractivity contribution is 6.31. The van der Waals surface area contributed by atoms with E-state index in [2.05, 4.69) is 124 Å². The van der Waals surface area contributed by atoms with E-state index in [-0.39, 0.29) is 29.9 Å². The third-order valence-electron chi connectivity index (χ3n) is 18.1. The normalized spacial score (nSPS) is 16.2. The van der Waals surface area contributed by atoms with Crippen LogP contribution in [0.25, 0.3) is 83.7 Å². The first kappa shape index (κ1) is 67.0. The number of benzene rings is 6. The molecule has 0 aliphatic carbocycles. The molecule has 528 valence electrons. The number of H-pyrrole nitrogens is 3. The summed E-state index contributed by atoms with van der Waals surface area (Å²) in [5.74, 6) is 5.19. The number of anilines is 6. The van der Waals surface area contributed by atoms with E-state index in [9.17, 15) is 8.78 Å². The Bertz CT molecular complexity index is 5430. The van der Waals surface area contributed by atoms with Gasteiger partial charge in [-0.3, -0.25) is 13.7 Å². The molecule has 31 heteroatoms. The molecular formula is C73H71Cl2F2N25O2. The molecule has 104 heavy (non-hydrogen) atoms. The van der Waals surface area contributed by atoms with Crippen LogP contribution in [0.5, 0.6) is 0 Å². The molecule has 12 heterocycles. The SMILES string of the molecule is Cc1cccc(-n2cnc3c(NCc4nc5ccc(Cl)cc5[nH]4)nc(N4CCC(N)C4)nc32)c1.Cc1cccc(-n2cnc3c(NCc4nc5ccc(Cl)cc5[nH]4)nc(N4C[C@@H](C)O[C@@H](C)C4)nc32)c1.Fc1cccc(-n2cnc3c(NCc4nc5ccc(F)cc5[nH]4)nc(N4CCOCC4)nc32)c1. The number of ether oxygens (including phenoxy) is 2. The minimum absolute atomic E-state index is 0.0912. The van der Waals surface area contributed by atoms with Crippen molar-refractivity contribution in [2.24, 2.45) is 5.73 Å². The molecule has 18 rings (SSSR count). The quantitative estimate of drug-likeness (QED) is 0.0501. The molecule has 3 aliphatic heterocycles. The van der Waals surface area contributed by atoms with Crippen molar-refractivity contribution in [3.8, 4) is 17.1 Å². The van der Waals surface area contributed by atoms with Crippen LogP contribution in [-0.2, 0) is 29.1 Å². The third kappa shape index (κ3) is 14.4. The van der Waals surface area contributed by atoms with Crippen molar-refractivity contribution in [1.82, 2.24) is 88.5 Å². The molecule has 3 saturated heterocycles. The van der Waals surface area contributed by atoms with Crippen molar-refractivity contribution in [3.05, 3.63) is 197 Å².